The first kappa shape index (κ1) is 11.4. The van der Waals surface area contributed by atoms with Crippen molar-refractivity contribution in [1.29, 1.82) is 0 Å². The third-order valence-corrected chi connectivity index (χ3v) is 1.94. The van der Waals surface area contributed by atoms with Crippen molar-refractivity contribution in [2.75, 3.05) is 27.7 Å². The van der Waals surface area contributed by atoms with Crippen LogP contribution in [0.25, 0.3) is 0 Å². The highest BCUT2D eigenvalue weighted by molar-refractivity contribution is 5.77. The summed E-state index contributed by atoms with van der Waals surface area (Å²) in [7, 11) is 5.78. The van der Waals surface area contributed by atoms with E-state index in [9.17, 15) is 4.79 Å². The van der Waals surface area contributed by atoms with Crippen molar-refractivity contribution in [1.82, 2.24) is 10.2 Å². The summed E-state index contributed by atoms with van der Waals surface area (Å²) in [5.41, 5.74) is 0. The largest absolute Gasteiger partial charge is 0.359 e. The number of carbonyl (C=O) groups excluding carboxylic acids is 1. The number of amides is 1. The number of hydrogen-bond acceptors (Lipinski definition) is 2. The number of hydrogen-bond donors (Lipinski definition) is 1. The fourth-order valence-corrected chi connectivity index (χ4v) is 1.09. The molecule has 0 rings (SSSR count). The summed E-state index contributed by atoms with van der Waals surface area (Å²) in [6.45, 7) is 3.02. The zero-order valence-electron chi connectivity index (χ0n) is 8.55. The molecule has 0 spiro atoms. The van der Waals surface area contributed by atoms with Gasteiger partial charge in [-0.25, -0.2) is 0 Å². The van der Waals surface area contributed by atoms with Gasteiger partial charge in [-0.3, -0.25) is 4.79 Å². The maximum atomic E-state index is 11.1. The van der Waals surface area contributed by atoms with Crippen LogP contribution in [0.2, 0.25) is 0 Å². The van der Waals surface area contributed by atoms with Crippen LogP contribution in [-0.4, -0.2) is 38.5 Å². The SMILES string of the molecule is CNC(=O)C(C)CCCN(C)C. The molecule has 1 atom stereocenters. The molecule has 0 aromatic heterocycles. The molecular weight excluding hydrogens is 152 g/mol. The minimum absolute atomic E-state index is 0.147. The molecule has 12 heavy (non-hydrogen) atoms. The summed E-state index contributed by atoms with van der Waals surface area (Å²) < 4.78 is 0. The topological polar surface area (TPSA) is 32.3 Å². The van der Waals surface area contributed by atoms with Crippen LogP contribution in [0.5, 0.6) is 0 Å². The summed E-state index contributed by atoms with van der Waals surface area (Å²) >= 11 is 0. The Morgan fingerprint density at radius 2 is 2.08 bits per heavy atom. The second kappa shape index (κ2) is 6.00. The van der Waals surface area contributed by atoms with E-state index in [4.69, 9.17) is 0 Å². The Morgan fingerprint density at radius 1 is 1.50 bits per heavy atom. The van der Waals surface area contributed by atoms with E-state index in [0.717, 1.165) is 19.4 Å². The molecule has 1 amide bonds. The lowest BCUT2D eigenvalue weighted by atomic mass is 10.1. The molecule has 0 radical (unpaired) electrons. The lowest BCUT2D eigenvalue weighted by Gasteiger charge is -2.12. The van der Waals surface area contributed by atoms with Gasteiger partial charge in [0.15, 0.2) is 0 Å². The lowest BCUT2D eigenvalue weighted by molar-refractivity contribution is -0.124. The molecule has 0 saturated carbocycles. The highest BCUT2D eigenvalue weighted by Gasteiger charge is 2.09. The maximum absolute atomic E-state index is 11.1. The summed E-state index contributed by atoms with van der Waals surface area (Å²) in [6.07, 6.45) is 2.06. The Kier molecular flexibility index (Phi) is 5.72. The monoisotopic (exact) mass is 172 g/mol. The van der Waals surface area contributed by atoms with E-state index in [1.54, 1.807) is 7.05 Å². The molecule has 72 valence electrons. The summed E-state index contributed by atoms with van der Waals surface area (Å²) in [5.74, 6) is 0.295. The Labute approximate surface area is 75.1 Å². The number of rotatable bonds is 5. The van der Waals surface area contributed by atoms with Crippen molar-refractivity contribution in [2.45, 2.75) is 19.8 Å². The van der Waals surface area contributed by atoms with Crippen LogP contribution >= 0.6 is 0 Å². The fourth-order valence-electron chi connectivity index (χ4n) is 1.09. The van der Waals surface area contributed by atoms with Crippen LogP contribution in [-0.2, 0) is 4.79 Å². The quantitative estimate of drug-likeness (QED) is 0.662. The first-order chi connectivity index (χ1) is 5.57. The minimum atomic E-state index is 0.147. The molecule has 0 saturated heterocycles. The molecule has 3 nitrogen and oxygen atoms in total. The van der Waals surface area contributed by atoms with Crippen LogP contribution in [0.15, 0.2) is 0 Å². The van der Waals surface area contributed by atoms with Crippen LogP contribution in [0.1, 0.15) is 19.8 Å². The van der Waals surface area contributed by atoms with E-state index in [0.29, 0.717) is 0 Å². The molecule has 0 fully saturated rings. The van der Waals surface area contributed by atoms with Crippen molar-refractivity contribution in [3.63, 3.8) is 0 Å². The van der Waals surface area contributed by atoms with Gasteiger partial charge >= 0.3 is 0 Å². The molecule has 0 aliphatic rings. The van der Waals surface area contributed by atoms with Gasteiger partial charge in [0.25, 0.3) is 0 Å². The van der Waals surface area contributed by atoms with Gasteiger partial charge in [0.1, 0.15) is 0 Å². The average Bonchev–Trinajstić information content (AvgIpc) is 2.02. The van der Waals surface area contributed by atoms with E-state index in [-0.39, 0.29) is 11.8 Å². The van der Waals surface area contributed by atoms with Gasteiger partial charge in [-0.05, 0) is 33.5 Å². The van der Waals surface area contributed by atoms with Crippen molar-refractivity contribution in [3.05, 3.63) is 0 Å². The van der Waals surface area contributed by atoms with Gasteiger partial charge in [-0.15, -0.1) is 0 Å². The maximum Gasteiger partial charge on any atom is 0.222 e. The van der Waals surface area contributed by atoms with Crippen LogP contribution in [0, 0.1) is 5.92 Å². The third-order valence-electron chi connectivity index (χ3n) is 1.94. The summed E-state index contributed by atoms with van der Waals surface area (Å²) in [4.78, 5) is 13.2. The van der Waals surface area contributed by atoms with Crippen LogP contribution in [0.3, 0.4) is 0 Å². The Bertz CT molecular complexity index is 134. The number of carbonyl (C=O) groups is 1. The van der Waals surface area contributed by atoms with Crippen LogP contribution < -0.4 is 5.32 Å². The van der Waals surface area contributed by atoms with Crippen LogP contribution in [0.4, 0.5) is 0 Å². The minimum Gasteiger partial charge on any atom is -0.359 e. The molecule has 3 heteroatoms. The molecule has 0 heterocycles. The van der Waals surface area contributed by atoms with Gasteiger partial charge in [0, 0.05) is 13.0 Å². The number of nitrogens with zero attached hydrogens (tertiary/aromatic N) is 1. The van der Waals surface area contributed by atoms with Gasteiger partial charge < -0.3 is 10.2 Å². The van der Waals surface area contributed by atoms with E-state index in [1.165, 1.54) is 0 Å². The molecule has 1 N–H and O–H groups in total. The van der Waals surface area contributed by atoms with E-state index >= 15 is 0 Å². The Hall–Kier alpha value is -0.570. The Balaban J connectivity index is 3.43. The van der Waals surface area contributed by atoms with Crippen molar-refractivity contribution in [2.24, 2.45) is 5.92 Å². The smallest absolute Gasteiger partial charge is 0.222 e. The predicted octanol–water partition coefficient (Wildman–Crippen LogP) is 0.710. The van der Waals surface area contributed by atoms with Gasteiger partial charge in [-0.2, -0.15) is 0 Å². The zero-order valence-corrected chi connectivity index (χ0v) is 8.55. The first-order valence-electron chi connectivity index (χ1n) is 4.44. The van der Waals surface area contributed by atoms with Gasteiger partial charge in [0.05, 0.1) is 0 Å². The summed E-state index contributed by atoms with van der Waals surface area (Å²) in [6, 6.07) is 0. The van der Waals surface area contributed by atoms with E-state index in [2.05, 4.69) is 10.2 Å². The Morgan fingerprint density at radius 3 is 2.50 bits per heavy atom. The van der Waals surface area contributed by atoms with Crippen molar-refractivity contribution in [3.8, 4) is 0 Å². The standard InChI is InChI=1S/C9H20N2O/c1-8(9(12)10-2)6-5-7-11(3)4/h8H,5-7H2,1-4H3,(H,10,12). The fraction of sp³-hybridized carbons (Fsp3) is 0.889. The normalized spacial score (nSPS) is 13.1. The zero-order chi connectivity index (χ0) is 9.56. The second-order valence-corrected chi connectivity index (χ2v) is 3.46. The highest BCUT2D eigenvalue weighted by Crippen LogP contribution is 2.05. The molecular formula is C9H20N2O. The van der Waals surface area contributed by atoms with Crippen molar-refractivity contribution < 1.29 is 4.79 Å². The highest BCUT2D eigenvalue weighted by atomic mass is 16.1. The number of nitrogens with one attached hydrogen (secondary N) is 1. The van der Waals surface area contributed by atoms with Crippen molar-refractivity contribution >= 4 is 5.91 Å². The van der Waals surface area contributed by atoms with E-state index in [1.807, 2.05) is 21.0 Å². The van der Waals surface area contributed by atoms with E-state index < -0.39 is 0 Å². The molecule has 0 bridgehead atoms. The first-order valence-corrected chi connectivity index (χ1v) is 4.44. The molecule has 1 unspecified atom stereocenters. The third kappa shape index (κ3) is 5.13. The summed E-state index contributed by atoms with van der Waals surface area (Å²) in [5, 5.41) is 2.65. The average molecular weight is 172 g/mol. The molecule has 0 aliphatic carbocycles. The second-order valence-electron chi connectivity index (χ2n) is 3.46. The molecule has 0 aromatic rings. The lowest BCUT2D eigenvalue weighted by Crippen LogP contribution is -2.26. The molecule has 0 aliphatic heterocycles. The van der Waals surface area contributed by atoms with Gasteiger partial charge in [-0.1, -0.05) is 6.92 Å². The van der Waals surface area contributed by atoms with Gasteiger partial charge in [0.2, 0.25) is 5.91 Å². The molecule has 0 aromatic carbocycles. The predicted molar refractivity (Wildman–Crippen MR) is 51.0 cm³/mol.